The number of allylic oxidation sites excluding steroid dienone is 1. The Morgan fingerprint density at radius 1 is 1.30 bits per heavy atom. The van der Waals surface area contributed by atoms with Crippen molar-refractivity contribution in [1.29, 1.82) is 0 Å². The lowest BCUT2D eigenvalue weighted by molar-refractivity contribution is 0.100. The summed E-state index contributed by atoms with van der Waals surface area (Å²) in [6.07, 6.45) is 9.51. The molecule has 1 saturated carbocycles. The van der Waals surface area contributed by atoms with Crippen molar-refractivity contribution < 1.29 is 9.18 Å². The number of aromatic nitrogens is 2. The zero-order chi connectivity index (χ0) is 21.5. The van der Waals surface area contributed by atoms with E-state index in [9.17, 15) is 9.18 Å². The van der Waals surface area contributed by atoms with Crippen LogP contribution in [0.3, 0.4) is 0 Å². The fraction of sp³-hybridized carbons (Fsp3) is 0.300. The maximum atomic E-state index is 14.3. The second kappa shape index (κ2) is 9.79. The Hall–Kier alpha value is -3.53. The Kier molecular flexibility index (Phi) is 6.91. The van der Waals surface area contributed by atoms with Crippen molar-refractivity contribution >= 4 is 35.3 Å². The first kappa shape index (κ1) is 21.2. The highest BCUT2D eigenvalue weighted by Crippen LogP contribution is 2.26. The molecule has 9 nitrogen and oxygen atoms in total. The summed E-state index contributed by atoms with van der Waals surface area (Å²) >= 11 is 0. The number of aliphatic imine (C=N–C) groups is 1. The largest absolute Gasteiger partial charge is 0.405 e. The van der Waals surface area contributed by atoms with Crippen molar-refractivity contribution in [2.45, 2.75) is 37.8 Å². The first-order valence-corrected chi connectivity index (χ1v) is 9.64. The van der Waals surface area contributed by atoms with Crippen molar-refractivity contribution in [3.63, 3.8) is 0 Å². The number of amides is 1. The normalized spacial score (nSPS) is 19.3. The first-order valence-electron chi connectivity index (χ1n) is 9.64. The minimum atomic E-state index is -0.700. The number of hydrogen-bond donors (Lipinski definition) is 5. The predicted octanol–water partition coefficient (Wildman–Crippen LogP) is 2.31. The van der Waals surface area contributed by atoms with Crippen molar-refractivity contribution in [2.24, 2.45) is 22.2 Å². The van der Waals surface area contributed by atoms with E-state index in [2.05, 4.69) is 25.6 Å². The summed E-state index contributed by atoms with van der Waals surface area (Å²) in [4.78, 5) is 24.3. The van der Waals surface area contributed by atoms with Gasteiger partial charge in [0.25, 0.3) is 5.91 Å². The van der Waals surface area contributed by atoms with Crippen molar-refractivity contribution in [3.05, 3.63) is 48.1 Å². The number of carbonyl (C=O) groups is 1. The molecule has 1 aromatic carbocycles. The van der Waals surface area contributed by atoms with E-state index in [0.29, 0.717) is 11.6 Å². The molecule has 0 unspecified atom stereocenters. The van der Waals surface area contributed by atoms with E-state index in [1.54, 1.807) is 6.07 Å². The average Bonchev–Trinajstić information content (AvgIpc) is 2.71. The first-order chi connectivity index (χ1) is 14.5. The smallest absolute Gasteiger partial charge is 0.254 e. The van der Waals surface area contributed by atoms with Gasteiger partial charge in [-0.1, -0.05) is 12.8 Å². The SMILES string of the molecule is NC=CC=Nc1ccc(Nc2nc(N[C@@H]3CCCC[C@@H]3N)ncc2C(N)=O)cc1F. The monoisotopic (exact) mass is 412 g/mol. The van der Waals surface area contributed by atoms with Gasteiger partial charge in [0.1, 0.15) is 11.4 Å². The van der Waals surface area contributed by atoms with E-state index in [0.717, 1.165) is 25.7 Å². The summed E-state index contributed by atoms with van der Waals surface area (Å²) in [6, 6.07) is 4.40. The molecule has 158 valence electrons. The Morgan fingerprint density at radius 3 is 2.80 bits per heavy atom. The Labute approximate surface area is 173 Å². The number of nitrogens with two attached hydrogens (primary N) is 3. The summed E-state index contributed by atoms with van der Waals surface area (Å²) in [7, 11) is 0. The second-order valence-corrected chi connectivity index (χ2v) is 6.97. The van der Waals surface area contributed by atoms with E-state index >= 15 is 0 Å². The molecule has 0 radical (unpaired) electrons. The number of hydrogen-bond acceptors (Lipinski definition) is 8. The average molecular weight is 412 g/mol. The molecule has 0 saturated heterocycles. The molecule has 8 N–H and O–H groups in total. The summed E-state index contributed by atoms with van der Waals surface area (Å²) < 4.78 is 14.3. The van der Waals surface area contributed by atoms with E-state index in [4.69, 9.17) is 17.2 Å². The van der Waals surface area contributed by atoms with Gasteiger partial charge in [0.05, 0.1) is 5.69 Å². The third-order valence-electron chi connectivity index (χ3n) is 4.81. The Morgan fingerprint density at radius 2 is 2.10 bits per heavy atom. The number of rotatable bonds is 7. The van der Waals surface area contributed by atoms with E-state index in [1.807, 2.05) is 0 Å². The zero-order valence-electron chi connectivity index (χ0n) is 16.4. The molecule has 1 aliphatic rings. The van der Waals surface area contributed by atoms with Crippen LogP contribution in [0.1, 0.15) is 36.0 Å². The number of carbonyl (C=O) groups excluding carboxylic acids is 1. The van der Waals surface area contributed by atoms with Crippen LogP contribution in [0.15, 0.2) is 41.7 Å². The topological polar surface area (TPSA) is 157 Å². The van der Waals surface area contributed by atoms with Gasteiger partial charge in [0.15, 0.2) is 5.82 Å². The van der Waals surface area contributed by atoms with Gasteiger partial charge in [-0.05, 0) is 43.3 Å². The lowest BCUT2D eigenvalue weighted by atomic mass is 9.91. The molecule has 1 amide bonds. The van der Waals surface area contributed by atoms with Crippen LogP contribution in [0.5, 0.6) is 0 Å². The third-order valence-corrected chi connectivity index (χ3v) is 4.81. The highest BCUT2D eigenvalue weighted by Gasteiger charge is 2.23. The lowest BCUT2D eigenvalue weighted by Gasteiger charge is -2.29. The fourth-order valence-electron chi connectivity index (χ4n) is 3.23. The van der Waals surface area contributed by atoms with E-state index in [1.165, 1.54) is 36.8 Å². The van der Waals surface area contributed by atoms with Crippen LogP contribution in [-0.2, 0) is 0 Å². The lowest BCUT2D eigenvalue weighted by Crippen LogP contribution is -2.43. The quantitative estimate of drug-likeness (QED) is 0.437. The molecule has 1 aliphatic carbocycles. The minimum Gasteiger partial charge on any atom is -0.405 e. The number of primary amides is 1. The van der Waals surface area contributed by atoms with Crippen LogP contribution in [0.25, 0.3) is 0 Å². The summed E-state index contributed by atoms with van der Waals surface area (Å²) in [5.41, 5.74) is 17.4. The fourth-order valence-corrected chi connectivity index (χ4v) is 3.23. The van der Waals surface area contributed by atoms with Crippen molar-refractivity contribution in [3.8, 4) is 0 Å². The third kappa shape index (κ3) is 5.29. The molecule has 1 heterocycles. The molecular weight excluding hydrogens is 387 g/mol. The number of benzene rings is 1. The number of halogens is 1. The van der Waals surface area contributed by atoms with Gasteiger partial charge < -0.3 is 27.8 Å². The van der Waals surface area contributed by atoms with Gasteiger partial charge in [-0.25, -0.2) is 9.37 Å². The number of nitrogens with zero attached hydrogens (tertiary/aromatic N) is 3. The van der Waals surface area contributed by atoms with Crippen LogP contribution in [0.2, 0.25) is 0 Å². The number of nitrogens with one attached hydrogen (secondary N) is 2. The zero-order valence-corrected chi connectivity index (χ0v) is 16.4. The molecule has 1 aromatic heterocycles. The highest BCUT2D eigenvalue weighted by molar-refractivity contribution is 5.98. The van der Waals surface area contributed by atoms with E-state index in [-0.39, 0.29) is 29.2 Å². The molecule has 0 aliphatic heterocycles. The van der Waals surface area contributed by atoms with Crippen LogP contribution < -0.4 is 27.8 Å². The van der Waals surface area contributed by atoms with Gasteiger partial charge in [0, 0.05) is 30.2 Å². The molecule has 2 aromatic rings. The van der Waals surface area contributed by atoms with Crippen LogP contribution in [0, 0.1) is 5.82 Å². The Balaban J connectivity index is 1.83. The molecule has 0 bridgehead atoms. The molecule has 30 heavy (non-hydrogen) atoms. The molecule has 1 fully saturated rings. The van der Waals surface area contributed by atoms with Crippen LogP contribution in [0.4, 0.5) is 27.5 Å². The van der Waals surface area contributed by atoms with E-state index < -0.39 is 11.7 Å². The summed E-state index contributed by atoms with van der Waals surface area (Å²) in [5, 5.41) is 6.15. The van der Waals surface area contributed by atoms with Gasteiger partial charge in [-0.3, -0.25) is 9.79 Å². The summed E-state index contributed by atoms with van der Waals surface area (Å²) in [5.74, 6) is -0.761. The van der Waals surface area contributed by atoms with Gasteiger partial charge >= 0.3 is 0 Å². The molecule has 0 spiro atoms. The van der Waals surface area contributed by atoms with Gasteiger partial charge in [0.2, 0.25) is 5.95 Å². The molecule has 2 atom stereocenters. The predicted molar refractivity (Wildman–Crippen MR) is 116 cm³/mol. The van der Waals surface area contributed by atoms with Gasteiger partial charge in [-0.15, -0.1) is 0 Å². The summed E-state index contributed by atoms with van der Waals surface area (Å²) in [6.45, 7) is 0. The highest BCUT2D eigenvalue weighted by atomic mass is 19.1. The number of anilines is 3. The standard InChI is InChI=1S/C20H25FN8O/c21-14-10-12(6-7-16(14)25-9-3-8-22)27-19-13(18(24)30)11-26-20(29-19)28-17-5-2-1-4-15(17)23/h3,6-11,15,17H,1-2,4-5,22-23H2,(H2,24,30)(H2,26,27,28,29)/t15-,17+/m0/s1. The maximum Gasteiger partial charge on any atom is 0.254 e. The molecule has 3 rings (SSSR count). The van der Waals surface area contributed by atoms with Crippen LogP contribution in [-0.4, -0.2) is 34.2 Å². The van der Waals surface area contributed by atoms with Crippen molar-refractivity contribution in [2.75, 3.05) is 10.6 Å². The second-order valence-electron chi connectivity index (χ2n) is 6.97. The van der Waals surface area contributed by atoms with Crippen molar-refractivity contribution in [1.82, 2.24) is 9.97 Å². The van der Waals surface area contributed by atoms with Crippen LogP contribution >= 0.6 is 0 Å². The van der Waals surface area contributed by atoms with Gasteiger partial charge in [-0.2, -0.15) is 4.98 Å². The molecular formula is C20H25FN8O. The molecule has 10 heteroatoms. The minimum absolute atomic E-state index is 0.00545. The maximum absolute atomic E-state index is 14.3. The Bertz CT molecular complexity index is 962.